The molecule has 6 heteroatoms. The van der Waals surface area contributed by atoms with Crippen LogP contribution in [0.5, 0.6) is 0 Å². The number of halogens is 2. The van der Waals surface area contributed by atoms with E-state index in [1.54, 1.807) is 0 Å². The highest BCUT2D eigenvalue weighted by atomic mass is 35.5. The number of nitrogens with one attached hydrogen (secondary N) is 1. The third kappa shape index (κ3) is 3.62. The highest BCUT2D eigenvalue weighted by molar-refractivity contribution is 6.42. The first-order valence-corrected chi connectivity index (χ1v) is 6.75. The summed E-state index contributed by atoms with van der Waals surface area (Å²) >= 11 is 11.7. The van der Waals surface area contributed by atoms with Crippen LogP contribution in [0.2, 0.25) is 10.0 Å². The van der Waals surface area contributed by atoms with Gasteiger partial charge in [-0.1, -0.05) is 53.5 Å². The first kappa shape index (κ1) is 14.6. The van der Waals surface area contributed by atoms with E-state index in [0.717, 1.165) is 12.0 Å². The quantitative estimate of drug-likeness (QED) is 0.650. The van der Waals surface area contributed by atoms with Crippen LogP contribution in [0, 0.1) is 10.1 Å². The van der Waals surface area contributed by atoms with Crippen molar-refractivity contribution in [2.75, 3.05) is 11.9 Å². The fraction of sp³-hybridized carbons (Fsp3) is 0.143. The zero-order valence-electron chi connectivity index (χ0n) is 10.5. The summed E-state index contributed by atoms with van der Waals surface area (Å²) in [5.74, 6) is 0. The minimum absolute atomic E-state index is 0.0764. The van der Waals surface area contributed by atoms with Crippen LogP contribution in [-0.4, -0.2) is 11.5 Å². The molecule has 0 aliphatic heterocycles. The van der Waals surface area contributed by atoms with E-state index in [2.05, 4.69) is 5.32 Å². The van der Waals surface area contributed by atoms with Gasteiger partial charge >= 0.3 is 0 Å². The Kier molecular flexibility index (Phi) is 4.82. The van der Waals surface area contributed by atoms with E-state index in [4.69, 9.17) is 23.2 Å². The molecule has 0 fully saturated rings. The molecular formula is C14H12Cl2N2O2. The molecule has 2 aromatic rings. The smallest absolute Gasteiger partial charge is 0.293 e. The summed E-state index contributed by atoms with van der Waals surface area (Å²) in [7, 11) is 0. The predicted molar refractivity (Wildman–Crippen MR) is 81.8 cm³/mol. The fourth-order valence-electron chi connectivity index (χ4n) is 1.82. The molecular weight excluding hydrogens is 299 g/mol. The van der Waals surface area contributed by atoms with Gasteiger partial charge in [-0.25, -0.2) is 0 Å². The molecule has 0 aliphatic carbocycles. The lowest BCUT2D eigenvalue weighted by Crippen LogP contribution is -2.07. The molecule has 0 aliphatic rings. The van der Waals surface area contributed by atoms with Crippen molar-refractivity contribution < 1.29 is 4.92 Å². The summed E-state index contributed by atoms with van der Waals surface area (Å²) in [4.78, 5) is 10.5. The van der Waals surface area contributed by atoms with Crippen molar-refractivity contribution in [2.24, 2.45) is 0 Å². The fourth-order valence-corrected chi connectivity index (χ4v) is 2.14. The number of hydrogen-bond acceptors (Lipinski definition) is 3. The van der Waals surface area contributed by atoms with Crippen molar-refractivity contribution in [3.63, 3.8) is 0 Å². The second-order valence-electron chi connectivity index (χ2n) is 4.20. The van der Waals surface area contributed by atoms with E-state index >= 15 is 0 Å². The zero-order valence-corrected chi connectivity index (χ0v) is 12.0. The number of anilines is 1. The monoisotopic (exact) mass is 310 g/mol. The molecule has 2 aromatic carbocycles. The first-order chi connectivity index (χ1) is 9.58. The van der Waals surface area contributed by atoms with E-state index in [9.17, 15) is 10.1 Å². The normalized spacial score (nSPS) is 10.3. The van der Waals surface area contributed by atoms with Gasteiger partial charge < -0.3 is 5.32 Å². The molecule has 0 saturated carbocycles. The maximum atomic E-state index is 11.0. The van der Waals surface area contributed by atoms with Crippen molar-refractivity contribution in [3.05, 3.63) is 68.2 Å². The molecule has 20 heavy (non-hydrogen) atoms. The summed E-state index contributed by atoms with van der Waals surface area (Å²) < 4.78 is 0. The number of nitro groups is 1. The molecule has 2 rings (SSSR count). The van der Waals surface area contributed by atoms with E-state index < -0.39 is 4.92 Å². The highest BCUT2D eigenvalue weighted by Gasteiger charge is 2.16. The van der Waals surface area contributed by atoms with Gasteiger partial charge in [0.1, 0.15) is 5.69 Å². The van der Waals surface area contributed by atoms with Gasteiger partial charge in [-0.2, -0.15) is 0 Å². The van der Waals surface area contributed by atoms with Gasteiger partial charge in [-0.05, 0) is 18.1 Å². The molecule has 0 aromatic heterocycles. The Balaban J connectivity index is 2.09. The maximum absolute atomic E-state index is 11.0. The molecule has 104 valence electrons. The van der Waals surface area contributed by atoms with Crippen molar-refractivity contribution >= 4 is 34.6 Å². The SMILES string of the molecule is O=[N+]([O-])c1cc(Cl)c(Cl)cc1NCCc1ccccc1. The van der Waals surface area contributed by atoms with E-state index in [0.29, 0.717) is 17.3 Å². The zero-order chi connectivity index (χ0) is 14.5. The average Bonchev–Trinajstić information content (AvgIpc) is 2.43. The molecule has 0 bridgehead atoms. The number of rotatable bonds is 5. The Morgan fingerprint density at radius 3 is 2.40 bits per heavy atom. The highest BCUT2D eigenvalue weighted by Crippen LogP contribution is 2.33. The number of nitro benzene ring substituents is 1. The topological polar surface area (TPSA) is 55.2 Å². The largest absolute Gasteiger partial charge is 0.379 e. The van der Waals surface area contributed by atoms with Crippen molar-refractivity contribution in [3.8, 4) is 0 Å². The minimum atomic E-state index is -0.479. The maximum Gasteiger partial charge on any atom is 0.293 e. The van der Waals surface area contributed by atoms with Gasteiger partial charge in [0.15, 0.2) is 0 Å². The van der Waals surface area contributed by atoms with Gasteiger partial charge in [0.2, 0.25) is 0 Å². The summed E-state index contributed by atoms with van der Waals surface area (Å²) in [6, 6.07) is 12.6. The molecule has 0 atom stereocenters. The van der Waals surface area contributed by atoms with Gasteiger partial charge in [0.25, 0.3) is 5.69 Å². The summed E-state index contributed by atoms with van der Waals surface area (Å²) in [5, 5.41) is 14.5. The molecule has 0 heterocycles. The molecule has 1 N–H and O–H groups in total. The Bertz CT molecular complexity index is 618. The van der Waals surface area contributed by atoms with Crippen LogP contribution >= 0.6 is 23.2 Å². The summed E-state index contributed by atoms with van der Waals surface area (Å²) in [6.45, 7) is 0.572. The van der Waals surface area contributed by atoms with Crippen LogP contribution in [0.4, 0.5) is 11.4 Å². The standard InChI is InChI=1S/C14H12Cl2N2O2/c15-11-8-13(14(18(19)20)9-12(11)16)17-7-6-10-4-2-1-3-5-10/h1-5,8-9,17H,6-7H2. The second-order valence-corrected chi connectivity index (χ2v) is 5.02. The summed E-state index contributed by atoms with van der Waals surface area (Å²) in [5.41, 5.74) is 1.45. The Morgan fingerprint density at radius 1 is 1.10 bits per heavy atom. The average molecular weight is 311 g/mol. The number of hydrogen-bond donors (Lipinski definition) is 1. The van der Waals surface area contributed by atoms with Crippen LogP contribution < -0.4 is 5.32 Å². The van der Waals surface area contributed by atoms with E-state index in [-0.39, 0.29) is 10.7 Å². The lowest BCUT2D eigenvalue weighted by Gasteiger charge is -2.08. The molecule has 0 radical (unpaired) electrons. The molecule has 0 amide bonds. The Hall–Kier alpha value is -1.78. The second kappa shape index (κ2) is 6.59. The first-order valence-electron chi connectivity index (χ1n) is 5.99. The van der Waals surface area contributed by atoms with Gasteiger partial charge in [-0.3, -0.25) is 10.1 Å². The van der Waals surface area contributed by atoms with Gasteiger partial charge in [-0.15, -0.1) is 0 Å². The van der Waals surface area contributed by atoms with Crippen LogP contribution in [-0.2, 0) is 6.42 Å². The van der Waals surface area contributed by atoms with Crippen LogP contribution in [0.15, 0.2) is 42.5 Å². The molecule has 0 unspecified atom stereocenters. The Labute approximate surface area is 126 Å². The lowest BCUT2D eigenvalue weighted by molar-refractivity contribution is -0.383. The van der Waals surface area contributed by atoms with E-state index in [1.165, 1.54) is 12.1 Å². The Morgan fingerprint density at radius 2 is 1.75 bits per heavy atom. The van der Waals surface area contributed by atoms with Crippen molar-refractivity contribution in [1.82, 2.24) is 0 Å². The number of benzene rings is 2. The molecule has 4 nitrogen and oxygen atoms in total. The van der Waals surface area contributed by atoms with Gasteiger partial charge in [0.05, 0.1) is 15.0 Å². The van der Waals surface area contributed by atoms with Crippen LogP contribution in [0.3, 0.4) is 0 Å². The molecule has 0 spiro atoms. The summed E-state index contributed by atoms with van der Waals surface area (Å²) in [6.07, 6.45) is 0.762. The van der Waals surface area contributed by atoms with Crippen LogP contribution in [0.25, 0.3) is 0 Å². The van der Waals surface area contributed by atoms with Gasteiger partial charge in [0, 0.05) is 12.6 Å². The lowest BCUT2D eigenvalue weighted by atomic mass is 10.1. The predicted octanol–water partition coefficient (Wildman–Crippen LogP) is 4.56. The van der Waals surface area contributed by atoms with Crippen molar-refractivity contribution in [1.29, 1.82) is 0 Å². The number of nitrogens with zero attached hydrogens (tertiary/aromatic N) is 1. The van der Waals surface area contributed by atoms with Crippen LogP contribution in [0.1, 0.15) is 5.56 Å². The molecule has 0 saturated heterocycles. The third-order valence-corrected chi connectivity index (χ3v) is 3.53. The van der Waals surface area contributed by atoms with E-state index in [1.807, 2.05) is 30.3 Å². The van der Waals surface area contributed by atoms with Crippen molar-refractivity contribution in [2.45, 2.75) is 6.42 Å². The minimum Gasteiger partial charge on any atom is -0.379 e. The third-order valence-electron chi connectivity index (χ3n) is 2.81.